The fraction of sp³-hybridized carbons (Fsp3) is 0.533. The van der Waals surface area contributed by atoms with Crippen LogP contribution in [0.1, 0.15) is 44.0 Å². The van der Waals surface area contributed by atoms with E-state index in [1.54, 1.807) is 12.1 Å². The van der Waals surface area contributed by atoms with Crippen molar-refractivity contribution in [2.24, 2.45) is 5.92 Å². The maximum absolute atomic E-state index is 11.9. The molecule has 0 radical (unpaired) electrons. The number of hydrogen-bond acceptors (Lipinski definition) is 3. The lowest BCUT2D eigenvalue weighted by Gasteiger charge is -2.12. The highest BCUT2D eigenvalue weighted by Gasteiger charge is 2.13. The molecule has 3 nitrogen and oxygen atoms in total. The van der Waals surface area contributed by atoms with E-state index in [0.29, 0.717) is 30.4 Å². The van der Waals surface area contributed by atoms with Crippen molar-refractivity contribution in [2.45, 2.75) is 33.6 Å². The zero-order valence-electron chi connectivity index (χ0n) is 11.4. The van der Waals surface area contributed by atoms with Gasteiger partial charge in [0.05, 0.1) is 13.2 Å². The molecule has 0 spiro atoms. The number of benzene rings is 1. The summed E-state index contributed by atoms with van der Waals surface area (Å²) < 4.78 is 10.8. The van der Waals surface area contributed by atoms with E-state index in [9.17, 15) is 4.79 Å². The second-order valence-corrected chi connectivity index (χ2v) is 4.69. The summed E-state index contributed by atoms with van der Waals surface area (Å²) in [5, 5.41) is 0. The van der Waals surface area contributed by atoms with Crippen LogP contribution in [0, 0.1) is 5.92 Å². The molecule has 0 amide bonds. The first-order valence-electron chi connectivity index (χ1n) is 6.54. The highest BCUT2D eigenvalue weighted by molar-refractivity contribution is 5.92. The van der Waals surface area contributed by atoms with Gasteiger partial charge in [0, 0.05) is 0 Å². The lowest BCUT2D eigenvalue weighted by Crippen LogP contribution is -2.11. The van der Waals surface area contributed by atoms with Crippen LogP contribution in [0.4, 0.5) is 0 Å². The van der Waals surface area contributed by atoms with Crippen molar-refractivity contribution in [3.8, 4) is 5.75 Å². The van der Waals surface area contributed by atoms with Gasteiger partial charge in [0.15, 0.2) is 0 Å². The average molecular weight is 250 g/mol. The minimum absolute atomic E-state index is 0.303. The van der Waals surface area contributed by atoms with Gasteiger partial charge in [0.1, 0.15) is 11.3 Å². The third-order valence-electron chi connectivity index (χ3n) is 2.41. The summed E-state index contributed by atoms with van der Waals surface area (Å²) in [5.74, 6) is 0.727. The summed E-state index contributed by atoms with van der Waals surface area (Å²) in [6.45, 7) is 7.27. The largest absolute Gasteiger partial charge is 0.492 e. The number of unbranched alkanes of at least 4 members (excludes halogenated alkanes) is 1. The summed E-state index contributed by atoms with van der Waals surface area (Å²) >= 11 is 0. The van der Waals surface area contributed by atoms with Gasteiger partial charge in [-0.15, -0.1) is 0 Å². The van der Waals surface area contributed by atoms with Crippen LogP contribution in [0.3, 0.4) is 0 Å². The van der Waals surface area contributed by atoms with Crippen molar-refractivity contribution < 1.29 is 14.3 Å². The summed E-state index contributed by atoms with van der Waals surface area (Å²) in [4.78, 5) is 11.9. The van der Waals surface area contributed by atoms with Crippen LogP contribution in [0.5, 0.6) is 5.75 Å². The minimum Gasteiger partial charge on any atom is -0.492 e. The number of para-hydroxylation sites is 1. The standard InChI is InChI=1S/C15H22O3/c1-4-5-10-17-15(16)13-8-6-7-9-14(13)18-11-12(2)3/h6-9,12H,4-5,10-11H2,1-3H3. The molecule has 0 saturated carbocycles. The zero-order valence-corrected chi connectivity index (χ0v) is 11.4. The SMILES string of the molecule is CCCCOC(=O)c1ccccc1OCC(C)C. The van der Waals surface area contributed by atoms with Crippen molar-refractivity contribution >= 4 is 5.97 Å². The molecule has 3 heteroatoms. The molecule has 1 aromatic carbocycles. The summed E-state index contributed by atoms with van der Waals surface area (Å²) in [7, 11) is 0. The van der Waals surface area contributed by atoms with Gasteiger partial charge in [-0.3, -0.25) is 0 Å². The number of carbonyl (C=O) groups is 1. The quantitative estimate of drug-likeness (QED) is 0.547. The Hall–Kier alpha value is -1.51. The topological polar surface area (TPSA) is 35.5 Å². The predicted molar refractivity (Wildman–Crippen MR) is 72.0 cm³/mol. The van der Waals surface area contributed by atoms with Gasteiger partial charge in [-0.05, 0) is 24.5 Å². The molecule has 100 valence electrons. The van der Waals surface area contributed by atoms with E-state index in [-0.39, 0.29) is 5.97 Å². The molecule has 1 rings (SSSR count). The van der Waals surface area contributed by atoms with Crippen LogP contribution in [-0.2, 0) is 4.74 Å². The van der Waals surface area contributed by atoms with Crippen LogP contribution in [0.2, 0.25) is 0 Å². The lowest BCUT2D eigenvalue weighted by molar-refractivity contribution is 0.0494. The number of rotatable bonds is 7. The molecule has 0 saturated heterocycles. The van der Waals surface area contributed by atoms with Gasteiger partial charge in [0.25, 0.3) is 0 Å². The molecule has 0 aliphatic carbocycles. The summed E-state index contributed by atoms with van der Waals surface area (Å²) in [6, 6.07) is 7.22. The number of esters is 1. The first-order valence-corrected chi connectivity index (χ1v) is 6.54. The van der Waals surface area contributed by atoms with E-state index in [2.05, 4.69) is 20.8 Å². The van der Waals surface area contributed by atoms with Crippen molar-refractivity contribution in [1.82, 2.24) is 0 Å². The molecule has 0 unspecified atom stereocenters. The minimum atomic E-state index is -0.303. The molecular weight excluding hydrogens is 228 g/mol. The van der Waals surface area contributed by atoms with E-state index in [1.165, 1.54) is 0 Å². The fourth-order valence-corrected chi connectivity index (χ4v) is 1.40. The molecule has 0 atom stereocenters. The van der Waals surface area contributed by atoms with Crippen LogP contribution < -0.4 is 4.74 Å². The lowest BCUT2D eigenvalue weighted by atomic mass is 10.2. The Labute approximate surface area is 109 Å². The normalized spacial score (nSPS) is 10.4. The number of ether oxygens (including phenoxy) is 2. The van der Waals surface area contributed by atoms with Crippen LogP contribution in [0.15, 0.2) is 24.3 Å². The second kappa shape index (κ2) is 7.75. The maximum Gasteiger partial charge on any atom is 0.341 e. The maximum atomic E-state index is 11.9. The molecule has 0 N–H and O–H groups in total. The van der Waals surface area contributed by atoms with Crippen molar-refractivity contribution in [3.05, 3.63) is 29.8 Å². The van der Waals surface area contributed by atoms with E-state index < -0.39 is 0 Å². The third-order valence-corrected chi connectivity index (χ3v) is 2.41. The Balaban J connectivity index is 2.65. The Morgan fingerprint density at radius 3 is 2.67 bits per heavy atom. The second-order valence-electron chi connectivity index (χ2n) is 4.69. The van der Waals surface area contributed by atoms with Crippen molar-refractivity contribution in [1.29, 1.82) is 0 Å². The summed E-state index contributed by atoms with van der Waals surface area (Å²) in [6.07, 6.45) is 1.90. The van der Waals surface area contributed by atoms with Gasteiger partial charge in [-0.1, -0.05) is 39.3 Å². The highest BCUT2D eigenvalue weighted by atomic mass is 16.5. The summed E-state index contributed by atoms with van der Waals surface area (Å²) in [5.41, 5.74) is 0.509. The van der Waals surface area contributed by atoms with Crippen LogP contribution in [-0.4, -0.2) is 19.2 Å². The number of hydrogen-bond donors (Lipinski definition) is 0. The first-order chi connectivity index (χ1) is 8.65. The van der Waals surface area contributed by atoms with Crippen LogP contribution in [0.25, 0.3) is 0 Å². The van der Waals surface area contributed by atoms with E-state index in [4.69, 9.17) is 9.47 Å². The molecule has 18 heavy (non-hydrogen) atoms. The van der Waals surface area contributed by atoms with Crippen LogP contribution >= 0.6 is 0 Å². The third kappa shape index (κ3) is 4.78. The molecule has 0 heterocycles. The number of carbonyl (C=O) groups excluding carboxylic acids is 1. The first kappa shape index (κ1) is 14.6. The Morgan fingerprint density at radius 2 is 2.00 bits per heavy atom. The van der Waals surface area contributed by atoms with Gasteiger partial charge < -0.3 is 9.47 Å². The molecule has 1 aromatic rings. The van der Waals surface area contributed by atoms with Crippen molar-refractivity contribution in [2.75, 3.05) is 13.2 Å². The van der Waals surface area contributed by atoms with Gasteiger partial charge >= 0.3 is 5.97 Å². The molecule has 0 fully saturated rings. The Kier molecular flexibility index (Phi) is 6.26. The average Bonchev–Trinajstić information content (AvgIpc) is 2.37. The van der Waals surface area contributed by atoms with Gasteiger partial charge in [0.2, 0.25) is 0 Å². The molecule has 0 aliphatic heterocycles. The van der Waals surface area contributed by atoms with E-state index in [0.717, 1.165) is 12.8 Å². The monoisotopic (exact) mass is 250 g/mol. The highest BCUT2D eigenvalue weighted by Crippen LogP contribution is 2.19. The molecule has 0 aliphatic rings. The predicted octanol–water partition coefficient (Wildman–Crippen LogP) is 3.68. The zero-order chi connectivity index (χ0) is 13.4. The van der Waals surface area contributed by atoms with Gasteiger partial charge in [-0.2, -0.15) is 0 Å². The van der Waals surface area contributed by atoms with Gasteiger partial charge in [-0.25, -0.2) is 4.79 Å². The molecular formula is C15H22O3. The van der Waals surface area contributed by atoms with E-state index >= 15 is 0 Å². The fourth-order valence-electron chi connectivity index (χ4n) is 1.40. The Morgan fingerprint density at radius 1 is 1.28 bits per heavy atom. The Bertz CT molecular complexity index is 372. The van der Waals surface area contributed by atoms with E-state index in [1.807, 2.05) is 12.1 Å². The molecule has 0 bridgehead atoms. The molecule has 0 aromatic heterocycles. The van der Waals surface area contributed by atoms with Crippen molar-refractivity contribution in [3.63, 3.8) is 0 Å². The smallest absolute Gasteiger partial charge is 0.341 e.